The van der Waals surface area contributed by atoms with E-state index in [4.69, 9.17) is 9.47 Å². The van der Waals surface area contributed by atoms with E-state index in [2.05, 4.69) is 10.6 Å². The molecule has 3 amide bonds. The van der Waals surface area contributed by atoms with Crippen LogP contribution in [0.1, 0.15) is 12.8 Å². The zero-order valence-corrected chi connectivity index (χ0v) is 15.7. The fourth-order valence-corrected chi connectivity index (χ4v) is 3.16. The lowest BCUT2D eigenvalue weighted by Gasteiger charge is -2.24. The number of hydrogen-bond acceptors (Lipinski definition) is 4. The van der Waals surface area contributed by atoms with Crippen LogP contribution in [0.25, 0.3) is 0 Å². The first-order chi connectivity index (χ1) is 13.5. The lowest BCUT2D eigenvalue weighted by atomic mass is 10.2. The molecule has 28 heavy (non-hydrogen) atoms. The van der Waals surface area contributed by atoms with Crippen molar-refractivity contribution in [3.63, 3.8) is 0 Å². The molecular formula is C20H22FN3O4. The number of methoxy groups -OCH3 is 2. The maximum Gasteiger partial charge on any atom is 0.322 e. The Bertz CT molecular complexity index is 874. The van der Waals surface area contributed by atoms with Crippen LogP contribution in [0.5, 0.6) is 11.5 Å². The van der Waals surface area contributed by atoms with Crippen molar-refractivity contribution in [3.05, 3.63) is 48.3 Å². The van der Waals surface area contributed by atoms with Gasteiger partial charge in [0, 0.05) is 12.6 Å². The predicted molar refractivity (Wildman–Crippen MR) is 103 cm³/mol. The summed E-state index contributed by atoms with van der Waals surface area (Å²) in [4.78, 5) is 26.8. The van der Waals surface area contributed by atoms with Gasteiger partial charge < -0.3 is 25.0 Å². The van der Waals surface area contributed by atoms with E-state index in [0.29, 0.717) is 36.6 Å². The second-order valence-electron chi connectivity index (χ2n) is 6.32. The number of ether oxygens (including phenoxy) is 2. The van der Waals surface area contributed by atoms with Crippen LogP contribution in [0.3, 0.4) is 0 Å². The molecular weight excluding hydrogens is 365 g/mol. The maximum atomic E-state index is 13.8. The summed E-state index contributed by atoms with van der Waals surface area (Å²) in [6.45, 7) is 0.410. The van der Waals surface area contributed by atoms with Crippen molar-refractivity contribution in [1.82, 2.24) is 4.90 Å². The smallest absolute Gasteiger partial charge is 0.322 e. The van der Waals surface area contributed by atoms with Gasteiger partial charge in [0.25, 0.3) is 0 Å². The number of rotatable bonds is 5. The van der Waals surface area contributed by atoms with Crippen molar-refractivity contribution in [2.75, 3.05) is 31.4 Å². The van der Waals surface area contributed by atoms with Crippen molar-refractivity contribution < 1.29 is 23.5 Å². The van der Waals surface area contributed by atoms with Gasteiger partial charge in [-0.15, -0.1) is 0 Å². The first-order valence-corrected chi connectivity index (χ1v) is 8.88. The Kier molecular flexibility index (Phi) is 5.98. The Morgan fingerprint density at radius 3 is 2.57 bits per heavy atom. The highest BCUT2D eigenvalue weighted by Crippen LogP contribution is 2.30. The lowest BCUT2D eigenvalue weighted by molar-refractivity contribution is -0.119. The lowest BCUT2D eigenvalue weighted by Crippen LogP contribution is -2.45. The third-order valence-corrected chi connectivity index (χ3v) is 4.60. The molecule has 1 aliphatic heterocycles. The molecule has 0 unspecified atom stereocenters. The number of nitrogens with one attached hydrogen (secondary N) is 2. The van der Waals surface area contributed by atoms with Crippen molar-refractivity contribution in [3.8, 4) is 11.5 Å². The zero-order chi connectivity index (χ0) is 20.1. The first-order valence-electron chi connectivity index (χ1n) is 8.88. The van der Waals surface area contributed by atoms with Gasteiger partial charge in [0.1, 0.15) is 23.4 Å². The molecule has 0 aliphatic carbocycles. The third kappa shape index (κ3) is 4.16. The Labute approximate surface area is 162 Å². The van der Waals surface area contributed by atoms with E-state index >= 15 is 0 Å². The van der Waals surface area contributed by atoms with Crippen LogP contribution >= 0.6 is 0 Å². The van der Waals surface area contributed by atoms with E-state index in [9.17, 15) is 14.0 Å². The molecule has 1 heterocycles. The van der Waals surface area contributed by atoms with Crippen LogP contribution in [-0.2, 0) is 4.79 Å². The molecule has 8 heteroatoms. The number of halogens is 1. The van der Waals surface area contributed by atoms with Crippen LogP contribution < -0.4 is 20.1 Å². The minimum atomic E-state index is -0.664. The molecule has 1 fully saturated rings. The fourth-order valence-electron chi connectivity index (χ4n) is 3.16. The molecule has 0 spiro atoms. The van der Waals surface area contributed by atoms with Crippen molar-refractivity contribution in [2.24, 2.45) is 0 Å². The summed E-state index contributed by atoms with van der Waals surface area (Å²) in [5.74, 6) is 0.177. The van der Waals surface area contributed by atoms with Crippen molar-refractivity contribution in [1.29, 1.82) is 0 Å². The van der Waals surface area contributed by atoms with Gasteiger partial charge in [-0.05, 0) is 37.1 Å². The quantitative estimate of drug-likeness (QED) is 0.823. The number of urea groups is 1. The van der Waals surface area contributed by atoms with Gasteiger partial charge in [-0.1, -0.05) is 12.1 Å². The van der Waals surface area contributed by atoms with Crippen LogP contribution in [0, 0.1) is 5.82 Å². The fraction of sp³-hybridized carbons (Fsp3) is 0.300. The maximum absolute atomic E-state index is 13.8. The van der Waals surface area contributed by atoms with Gasteiger partial charge in [0.2, 0.25) is 5.91 Å². The number of para-hydroxylation sites is 1. The summed E-state index contributed by atoms with van der Waals surface area (Å²) >= 11 is 0. The molecule has 1 saturated heterocycles. The van der Waals surface area contributed by atoms with Crippen molar-refractivity contribution in [2.45, 2.75) is 18.9 Å². The minimum absolute atomic E-state index is 0.0769. The van der Waals surface area contributed by atoms with Gasteiger partial charge in [-0.2, -0.15) is 0 Å². The van der Waals surface area contributed by atoms with Crippen LogP contribution in [0.2, 0.25) is 0 Å². The molecule has 0 bridgehead atoms. The highest BCUT2D eigenvalue weighted by molar-refractivity contribution is 6.00. The third-order valence-electron chi connectivity index (χ3n) is 4.60. The summed E-state index contributed by atoms with van der Waals surface area (Å²) in [6, 6.07) is 9.78. The second-order valence-corrected chi connectivity index (χ2v) is 6.32. The number of hydrogen-bond donors (Lipinski definition) is 2. The Hall–Kier alpha value is -3.29. The van der Waals surface area contributed by atoms with E-state index in [1.54, 1.807) is 30.3 Å². The number of benzene rings is 2. The summed E-state index contributed by atoms with van der Waals surface area (Å²) < 4.78 is 24.2. The van der Waals surface area contributed by atoms with E-state index in [1.165, 1.54) is 31.3 Å². The van der Waals surface area contributed by atoms with E-state index < -0.39 is 17.9 Å². The van der Waals surface area contributed by atoms with E-state index in [1.807, 2.05) is 0 Å². The first kappa shape index (κ1) is 19.5. The Morgan fingerprint density at radius 2 is 1.86 bits per heavy atom. The van der Waals surface area contributed by atoms with Gasteiger partial charge in [0.15, 0.2) is 0 Å². The number of anilines is 2. The Balaban J connectivity index is 1.73. The minimum Gasteiger partial charge on any atom is -0.497 e. The van der Waals surface area contributed by atoms with Gasteiger partial charge >= 0.3 is 6.03 Å². The van der Waals surface area contributed by atoms with Gasteiger partial charge in [-0.3, -0.25) is 4.79 Å². The van der Waals surface area contributed by atoms with Gasteiger partial charge in [0.05, 0.1) is 25.6 Å². The summed E-state index contributed by atoms with van der Waals surface area (Å²) in [7, 11) is 3.03. The predicted octanol–water partition coefficient (Wildman–Crippen LogP) is 3.48. The van der Waals surface area contributed by atoms with Crippen LogP contribution in [-0.4, -0.2) is 43.6 Å². The SMILES string of the molecule is COc1ccc(OC)c(NC(=O)[C@H]2CCCN2C(=O)Nc2ccccc2F)c1. The summed E-state index contributed by atoms with van der Waals surface area (Å²) in [5, 5.41) is 5.33. The second kappa shape index (κ2) is 8.60. The Morgan fingerprint density at radius 1 is 1.07 bits per heavy atom. The normalized spacial score (nSPS) is 15.8. The molecule has 1 atom stereocenters. The van der Waals surface area contributed by atoms with Crippen LogP contribution in [0.15, 0.2) is 42.5 Å². The number of likely N-dealkylation sites (tertiary alicyclic amines) is 1. The van der Waals surface area contributed by atoms with E-state index in [-0.39, 0.29) is 11.6 Å². The monoisotopic (exact) mass is 387 g/mol. The number of nitrogens with zero attached hydrogens (tertiary/aromatic N) is 1. The molecule has 2 aromatic carbocycles. The van der Waals surface area contributed by atoms with Gasteiger partial charge in [-0.25, -0.2) is 9.18 Å². The molecule has 2 N–H and O–H groups in total. The molecule has 0 saturated carbocycles. The average Bonchev–Trinajstić information content (AvgIpc) is 3.20. The summed E-state index contributed by atoms with van der Waals surface area (Å²) in [5.41, 5.74) is 0.529. The molecule has 7 nitrogen and oxygen atoms in total. The molecule has 3 rings (SSSR count). The highest BCUT2D eigenvalue weighted by atomic mass is 19.1. The van der Waals surface area contributed by atoms with Crippen LogP contribution in [0.4, 0.5) is 20.6 Å². The standard InChI is InChI=1S/C20H22FN3O4/c1-27-13-9-10-18(28-2)16(12-13)22-19(25)17-8-5-11-24(17)20(26)23-15-7-4-3-6-14(15)21/h3-4,6-7,9-10,12,17H,5,8,11H2,1-2H3,(H,22,25)(H,23,26)/t17-/m1/s1. The number of amides is 3. The highest BCUT2D eigenvalue weighted by Gasteiger charge is 2.34. The molecule has 148 valence electrons. The number of carbonyl (C=O) groups is 2. The topological polar surface area (TPSA) is 79.9 Å². The number of carbonyl (C=O) groups excluding carboxylic acids is 2. The molecule has 1 aliphatic rings. The van der Waals surface area contributed by atoms with Crippen molar-refractivity contribution >= 4 is 23.3 Å². The average molecular weight is 387 g/mol. The molecule has 0 aromatic heterocycles. The van der Waals surface area contributed by atoms with E-state index in [0.717, 1.165) is 0 Å². The largest absolute Gasteiger partial charge is 0.497 e. The molecule has 0 radical (unpaired) electrons. The molecule has 2 aromatic rings. The zero-order valence-electron chi connectivity index (χ0n) is 15.7. The summed E-state index contributed by atoms with van der Waals surface area (Å²) in [6.07, 6.45) is 1.20.